The zero-order chi connectivity index (χ0) is 14.3. The van der Waals surface area contributed by atoms with Gasteiger partial charge in [-0.25, -0.2) is 4.79 Å². The van der Waals surface area contributed by atoms with Crippen molar-refractivity contribution in [2.24, 2.45) is 5.92 Å². The van der Waals surface area contributed by atoms with Crippen molar-refractivity contribution in [3.8, 4) is 0 Å². The molecule has 0 aromatic heterocycles. The van der Waals surface area contributed by atoms with Gasteiger partial charge in [0.1, 0.15) is 6.10 Å². The summed E-state index contributed by atoms with van der Waals surface area (Å²) >= 11 is 0. The van der Waals surface area contributed by atoms with Gasteiger partial charge >= 0.3 is 11.9 Å². The van der Waals surface area contributed by atoms with Gasteiger partial charge in [0.15, 0.2) is 0 Å². The standard InChI is InChI=1S/C15H20O4/c1-11(2)10-18-14(16)9-12(3)19-15(17)13-7-5-4-6-8-13/h4-8,11-12H,9-10H2,1-3H3. The molecule has 19 heavy (non-hydrogen) atoms. The van der Waals surface area contributed by atoms with E-state index in [1.807, 2.05) is 19.9 Å². The van der Waals surface area contributed by atoms with E-state index in [-0.39, 0.29) is 12.4 Å². The van der Waals surface area contributed by atoms with Crippen LogP contribution in [0.5, 0.6) is 0 Å². The molecular weight excluding hydrogens is 244 g/mol. The van der Waals surface area contributed by atoms with Crippen molar-refractivity contribution in [2.45, 2.75) is 33.3 Å². The Balaban J connectivity index is 2.37. The fraction of sp³-hybridized carbons (Fsp3) is 0.467. The second-order valence-corrected chi connectivity index (χ2v) is 4.86. The van der Waals surface area contributed by atoms with E-state index in [0.717, 1.165) is 0 Å². The maximum atomic E-state index is 11.7. The number of carbonyl (C=O) groups excluding carboxylic acids is 2. The topological polar surface area (TPSA) is 52.6 Å². The lowest BCUT2D eigenvalue weighted by Crippen LogP contribution is -2.21. The number of hydrogen-bond donors (Lipinski definition) is 0. The van der Waals surface area contributed by atoms with Gasteiger partial charge in [-0.05, 0) is 25.0 Å². The first kappa shape index (κ1) is 15.2. The first-order chi connectivity index (χ1) is 8.99. The number of rotatable bonds is 6. The normalized spacial score (nSPS) is 12.0. The molecule has 0 radical (unpaired) electrons. The first-order valence-corrected chi connectivity index (χ1v) is 6.40. The largest absolute Gasteiger partial charge is 0.465 e. The summed E-state index contributed by atoms with van der Waals surface area (Å²) in [6.07, 6.45) is -0.418. The highest BCUT2D eigenvalue weighted by Crippen LogP contribution is 2.07. The van der Waals surface area contributed by atoms with Gasteiger partial charge < -0.3 is 9.47 Å². The molecule has 1 unspecified atom stereocenters. The van der Waals surface area contributed by atoms with E-state index in [2.05, 4.69) is 0 Å². The number of hydrogen-bond acceptors (Lipinski definition) is 4. The summed E-state index contributed by atoms with van der Waals surface area (Å²) in [6.45, 7) is 5.99. The molecule has 1 rings (SSSR count). The summed E-state index contributed by atoms with van der Waals surface area (Å²) in [7, 11) is 0. The molecule has 0 bridgehead atoms. The maximum Gasteiger partial charge on any atom is 0.338 e. The van der Waals surface area contributed by atoms with Crippen LogP contribution in [0.3, 0.4) is 0 Å². The molecule has 4 nitrogen and oxygen atoms in total. The summed E-state index contributed by atoms with van der Waals surface area (Å²) in [5, 5.41) is 0. The molecule has 0 saturated heterocycles. The molecule has 0 aliphatic carbocycles. The second-order valence-electron chi connectivity index (χ2n) is 4.86. The van der Waals surface area contributed by atoms with Gasteiger partial charge in [0.2, 0.25) is 0 Å². The van der Waals surface area contributed by atoms with Crippen LogP contribution in [0.15, 0.2) is 30.3 Å². The third-order valence-electron chi connectivity index (χ3n) is 2.35. The molecule has 0 heterocycles. The Morgan fingerprint density at radius 2 is 1.74 bits per heavy atom. The van der Waals surface area contributed by atoms with Crippen LogP contribution in [0.1, 0.15) is 37.6 Å². The average Bonchev–Trinajstić information content (AvgIpc) is 2.37. The van der Waals surface area contributed by atoms with E-state index in [9.17, 15) is 9.59 Å². The molecule has 0 aliphatic rings. The van der Waals surface area contributed by atoms with E-state index in [1.54, 1.807) is 31.2 Å². The Hall–Kier alpha value is -1.84. The lowest BCUT2D eigenvalue weighted by atomic mass is 10.2. The summed E-state index contributed by atoms with van der Waals surface area (Å²) in [5.74, 6) is -0.474. The van der Waals surface area contributed by atoms with Gasteiger partial charge in [0.25, 0.3) is 0 Å². The van der Waals surface area contributed by atoms with Gasteiger partial charge in [0, 0.05) is 0 Å². The number of esters is 2. The van der Waals surface area contributed by atoms with E-state index < -0.39 is 12.1 Å². The minimum Gasteiger partial charge on any atom is -0.465 e. The predicted molar refractivity (Wildman–Crippen MR) is 71.7 cm³/mol. The fourth-order valence-corrected chi connectivity index (χ4v) is 1.42. The molecule has 0 aliphatic heterocycles. The lowest BCUT2D eigenvalue weighted by molar-refractivity contribution is -0.146. The molecule has 1 aromatic rings. The van der Waals surface area contributed by atoms with Gasteiger partial charge in [-0.15, -0.1) is 0 Å². The van der Waals surface area contributed by atoms with Crippen molar-refractivity contribution in [1.82, 2.24) is 0 Å². The highest BCUT2D eigenvalue weighted by molar-refractivity contribution is 5.89. The van der Waals surface area contributed by atoms with Crippen molar-refractivity contribution < 1.29 is 19.1 Å². The SMILES string of the molecule is CC(C)COC(=O)CC(C)OC(=O)c1ccccc1. The van der Waals surface area contributed by atoms with E-state index in [1.165, 1.54) is 0 Å². The van der Waals surface area contributed by atoms with Crippen LogP contribution >= 0.6 is 0 Å². The third kappa shape index (κ3) is 6.04. The number of ether oxygens (including phenoxy) is 2. The molecular formula is C15H20O4. The van der Waals surface area contributed by atoms with Gasteiger partial charge in [-0.2, -0.15) is 0 Å². The number of benzene rings is 1. The molecule has 1 aromatic carbocycles. The molecule has 104 valence electrons. The van der Waals surface area contributed by atoms with Crippen LogP contribution in [-0.2, 0) is 14.3 Å². The van der Waals surface area contributed by atoms with Crippen LogP contribution in [0.2, 0.25) is 0 Å². The minimum atomic E-state index is -0.493. The summed E-state index contributed by atoms with van der Waals surface area (Å²) in [6, 6.07) is 8.69. The Morgan fingerprint density at radius 3 is 2.32 bits per heavy atom. The molecule has 0 fully saturated rings. The summed E-state index contributed by atoms with van der Waals surface area (Å²) < 4.78 is 10.2. The Kier molecular flexibility index (Phi) is 6.06. The first-order valence-electron chi connectivity index (χ1n) is 6.40. The fourth-order valence-electron chi connectivity index (χ4n) is 1.42. The van der Waals surface area contributed by atoms with Crippen molar-refractivity contribution in [3.63, 3.8) is 0 Å². The van der Waals surface area contributed by atoms with Crippen molar-refractivity contribution >= 4 is 11.9 Å². The molecule has 0 saturated carbocycles. The molecule has 0 amide bonds. The van der Waals surface area contributed by atoms with E-state index >= 15 is 0 Å². The Bertz CT molecular complexity index is 411. The van der Waals surface area contributed by atoms with E-state index in [0.29, 0.717) is 18.1 Å². The van der Waals surface area contributed by atoms with E-state index in [4.69, 9.17) is 9.47 Å². The predicted octanol–water partition coefficient (Wildman–Crippen LogP) is 2.82. The smallest absolute Gasteiger partial charge is 0.338 e. The zero-order valence-electron chi connectivity index (χ0n) is 11.6. The lowest BCUT2D eigenvalue weighted by Gasteiger charge is -2.13. The van der Waals surface area contributed by atoms with Gasteiger partial charge in [0.05, 0.1) is 18.6 Å². The third-order valence-corrected chi connectivity index (χ3v) is 2.35. The second kappa shape index (κ2) is 7.56. The van der Waals surface area contributed by atoms with Crippen molar-refractivity contribution in [2.75, 3.05) is 6.61 Å². The minimum absolute atomic E-state index is 0.0747. The average molecular weight is 264 g/mol. The quantitative estimate of drug-likeness (QED) is 0.741. The summed E-state index contributed by atoms with van der Waals surface area (Å²) in [4.78, 5) is 23.2. The molecule has 0 spiro atoms. The van der Waals surface area contributed by atoms with Gasteiger partial charge in [-0.1, -0.05) is 32.0 Å². The Labute approximate surface area is 113 Å². The van der Waals surface area contributed by atoms with Crippen LogP contribution in [0.4, 0.5) is 0 Å². The van der Waals surface area contributed by atoms with Gasteiger partial charge in [-0.3, -0.25) is 4.79 Å². The maximum absolute atomic E-state index is 11.7. The van der Waals surface area contributed by atoms with Crippen LogP contribution in [-0.4, -0.2) is 24.6 Å². The highest BCUT2D eigenvalue weighted by Gasteiger charge is 2.16. The molecule has 1 atom stereocenters. The summed E-state index contributed by atoms with van der Waals surface area (Å²) in [5.41, 5.74) is 0.477. The van der Waals surface area contributed by atoms with Crippen LogP contribution in [0, 0.1) is 5.92 Å². The number of carbonyl (C=O) groups is 2. The van der Waals surface area contributed by atoms with Crippen molar-refractivity contribution in [3.05, 3.63) is 35.9 Å². The van der Waals surface area contributed by atoms with Crippen LogP contribution in [0.25, 0.3) is 0 Å². The van der Waals surface area contributed by atoms with Crippen LogP contribution < -0.4 is 0 Å². The van der Waals surface area contributed by atoms with Crippen molar-refractivity contribution in [1.29, 1.82) is 0 Å². The molecule has 4 heteroatoms. The molecule has 0 N–H and O–H groups in total. The Morgan fingerprint density at radius 1 is 1.11 bits per heavy atom. The zero-order valence-corrected chi connectivity index (χ0v) is 11.6. The monoisotopic (exact) mass is 264 g/mol. The highest BCUT2D eigenvalue weighted by atomic mass is 16.6.